The highest BCUT2D eigenvalue weighted by molar-refractivity contribution is 5.38. The Morgan fingerprint density at radius 1 is 1.00 bits per heavy atom. The van der Waals surface area contributed by atoms with Crippen LogP contribution in [-0.2, 0) is 5.41 Å². The van der Waals surface area contributed by atoms with Crippen LogP contribution in [0.3, 0.4) is 0 Å². The standard InChI is InChI=1S/C19H24N2/c1-14-11-15(2)13-16(12-14)18(21-20)19(9-6-10-19)17-7-4-3-5-8-17/h3-5,7-8,11-13,18,21H,6,9-10,20H2,1-2H3. The predicted molar refractivity (Wildman–Crippen MR) is 88.0 cm³/mol. The number of hydrogen-bond donors (Lipinski definition) is 2. The smallest absolute Gasteiger partial charge is 0.0556 e. The molecule has 2 aromatic carbocycles. The lowest BCUT2D eigenvalue weighted by atomic mass is 9.59. The molecule has 21 heavy (non-hydrogen) atoms. The van der Waals surface area contributed by atoms with Crippen molar-refractivity contribution in [3.63, 3.8) is 0 Å². The Balaban J connectivity index is 2.05. The van der Waals surface area contributed by atoms with Crippen LogP contribution in [0.5, 0.6) is 0 Å². The van der Waals surface area contributed by atoms with Gasteiger partial charge < -0.3 is 0 Å². The summed E-state index contributed by atoms with van der Waals surface area (Å²) in [5, 5.41) is 0. The highest BCUT2D eigenvalue weighted by Crippen LogP contribution is 2.51. The molecule has 2 nitrogen and oxygen atoms in total. The van der Waals surface area contributed by atoms with Crippen molar-refractivity contribution in [2.75, 3.05) is 0 Å². The van der Waals surface area contributed by atoms with Crippen molar-refractivity contribution in [2.24, 2.45) is 5.84 Å². The second-order valence-electron chi connectivity index (χ2n) is 6.40. The number of rotatable bonds is 4. The van der Waals surface area contributed by atoms with Gasteiger partial charge in [-0.3, -0.25) is 11.3 Å². The van der Waals surface area contributed by atoms with Crippen LogP contribution >= 0.6 is 0 Å². The van der Waals surface area contributed by atoms with E-state index >= 15 is 0 Å². The van der Waals surface area contributed by atoms with Gasteiger partial charge >= 0.3 is 0 Å². The zero-order valence-electron chi connectivity index (χ0n) is 12.9. The molecule has 0 aromatic heterocycles. The Kier molecular flexibility index (Phi) is 3.83. The van der Waals surface area contributed by atoms with Gasteiger partial charge in [0, 0.05) is 5.41 Å². The van der Waals surface area contributed by atoms with Crippen LogP contribution in [0.15, 0.2) is 48.5 Å². The minimum absolute atomic E-state index is 0.135. The van der Waals surface area contributed by atoms with Crippen LogP contribution in [0, 0.1) is 13.8 Å². The Hall–Kier alpha value is -1.64. The first-order valence-electron chi connectivity index (χ1n) is 7.75. The van der Waals surface area contributed by atoms with E-state index in [1.165, 1.54) is 41.5 Å². The van der Waals surface area contributed by atoms with Gasteiger partial charge in [-0.25, -0.2) is 0 Å². The van der Waals surface area contributed by atoms with Crippen LogP contribution in [0.4, 0.5) is 0 Å². The van der Waals surface area contributed by atoms with Gasteiger partial charge in [-0.1, -0.05) is 66.1 Å². The average molecular weight is 280 g/mol. The number of hydrogen-bond acceptors (Lipinski definition) is 2. The summed E-state index contributed by atoms with van der Waals surface area (Å²) in [6.45, 7) is 4.31. The fourth-order valence-electron chi connectivity index (χ4n) is 3.82. The molecule has 0 saturated heterocycles. The van der Waals surface area contributed by atoms with Gasteiger partial charge in [0.2, 0.25) is 0 Å². The van der Waals surface area contributed by atoms with Crippen LogP contribution in [0.1, 0.15) is 47.6 Å². The minimum Gasteiger partial charge on any atom is -0.271 e. The zero-order valence-corrected chi connectivity index (χ0v) is 12.9. The molecule has 0 aliphatic heterocycles. The van der Waals surface area contributed by atoms with Crippen molar-refractivity contribution in [3.8, 4) is 0 Å². The predicted octanol–water partition coefficient (Wildman–Crippen LogP) is 3.93. The molecule has 0 spiro atoms. The fraction of sp³-hybridized carbons (Fsp3) is 0.368. The lowest BCUT2D eigenvalue weighted by Gasteiger charge is -2.48. The van der Waals surface area contributed by atoms with E-state index in [1.807, 2.05) is 0 Å². The van der Waals surface area contributed by atoms with Gasteiger partial charge in [0.05, 0.1) is 6.04 Å². The van der Waals surface area contributed by atoms with E-state index in [9.17, 15) is 0 Å². The summed E-state index contributed by atoms with van der Waals surface area (Å²) >= 11 is 0. The topological polar surface area (TPSA) is 38.0 Å². The van der Waals surface area contributed by atoms with E-state index in [-0.39, 0.29) is 11.5 Å². The average Bonchev–Trinajstić information content (AvgIpc) is 2.42. The fourth-order valence-corrected chi connectivity index (χ4v) is 3.82. The van der Waals surface area contributed by atoms with Crippen LogP contribution in [0.25, 0.3) is 0 Å². The lowest BCUT2D eigenvalue weighted by Crippen LogP contribution is -2.49. The van der Waals surface area contributed by atoms with Crippen molar-refractivity contribution in [2.45, 2.75) is 44.6 Å². The molecule has 1 fully saturated rings. The summed E-state index contributed by atoms with van der Waals surface area (Å²) in [6.07, 6.45) is 3.66. The van der Waals surface area contributed by atoms with E-state index in [1.54, 1.807) is 0 Å². The van der Waals surface area contributed by atoms with E-state index < -0.39 is 0 Å². The lowest BCUT2D eigenvalue weighted by molar-refractivity contribution is 0.170. The second-order valence-corrected chi connectivity index (χ2v) is 6.40. The van der Waals surface area contributed by atoms with Gasteiger partial charge in [0.25, 0.3) is 0 Å². The van der Waals surface area contributed by atoms with Crippen LogP contribution < -0.4 is 11.3 Å². The number of hydrazine groups is 1. The highest BCUT2D eigenvalue weighted by Gasteiger charge is 2.45. The summed E-state index contributed by atoms with van der Waals surface area (Å²) < 4.78 is 0. The second kappa shape index (κ2) is 5.63. The number of nitrogens with two attached hydrogens (primary N) is 1. The molecule has 0 radical (unpaired) electrons. The first-order valence-corrected chi connectivity index (χ1v) is 7.75. The summed E-state index contributed by atoms with van der Waals surface area (Å²) in [7, 11) is 0. The van der Waals surface area contributed by atoms with Crippen molar-refractivity contribution in [1.29, 1.82) is 0 Å². The van der Waals surface area contributed by atoms with E-state index in [4.69, 9.17) is 5.84 Å². The molecule has 3 rings (SSSR count). The summed E-state index contributed by atoms with van der Waals surface area (Å²) in [5.74, 6) is 5.99. The third-order valence-corrected chi connectivity index (χ3v) is 4.89. The molecule has 3 N–H and O–H groups in total. The van der Waals surface area contributed by atoms with E-state index in [2.05, 4.69) is 67.8 Å². The highest BCUT2D eigenvalue weighted by atomic mass is 15.2. The molecule has 2 heteroatoms. The maximum Gasteiger partial charge on any atom is 0.0556 e. The first kappa shape index (κ1) is 14.3. The molecule has 1 aliphatic rings. The van der Waals surface area contributed by atoms with Gasteiger partial charge in [0.1, 0.15) is 0 Å². The molecule has 0 amide bonds. The minimum atomic E-state index is 0.135. The third-order valence-electron chi connectivity index (χ3n) is 4.89. The quantitative estimate of drug-likeness (QED) is 0.658. The normalized spacial score (nSPS) is 18.0. The monoisotopic (exact) mass is 280 g/mol. The molecule has 0 bridgehead atoms. The number of aryl methyl sites for hydroxylation is 2. The van der Waals surface area contributed by atoms with Crippen molar-refractivity contribution in [1.82, 2.24) is 5.43 Å². The molecule has 1 saturated carbocycles. The molecule has 0 heterocycles. The third kappa shape index (κ3) is 2.50. The summed E-state index contributed by atoms with van der Waals surface area (Å²) in [6, 6.07) is 17.7. The molecular formula is C19H24N2. The summed E-state index contributed by atoms with van der Waals surface area (Å²) in [5.41, 5.74) is 8.55. The van der Waals surface area contributed by atoms with Crippen molar-refractivity contribution in [3.05, 3.63) is 70.8 Å². The maximum atomic E-state index is 5.99. The van der Waals surface area contributed by atoms with Crippen LogP contribution in [-0.4, -0.2) is 0 Å². The Bertz CT molecular complexity index is 594. The SMILES string of the molecule is Cc1cc(C)cc(C(NN)C2(c3ccccc3)CCC2)c1. The van der Waals surface area contributed by atoms with Crippen LogP contribution in [0.2, 0.25) is 0 Å². The molecule has 110 valence electrons. The maximum absolute atomic E-state index is 5.99. The Morgan fingerprint density at radius 3 is 2.10 bits per heavy atom. The Morgan fingerprint density at radius 2 is 1.62 bits per heavy atom. The van der Waals surface area contributed by atoms with Gasteiger partial charge in [0.15, 0.2) is 0 Å². The zero-order chi connectivity index (χ0) is 14.9. The van der Waals surface area contributed by atoms with Gasteiger partial charge in [-0.05, 0) is 37.8 Å². The van der Waals surface area contributed by atoms with Crippen molar-refractivity contribution >= 4 is 0 Å². The largest absolute Gasteiger partial charge is 0.271 e. The molecular weight excluding hydrogens is 256 g/mol. The van der Waals surface area contributed by atoms with E-state index in [0.29, 0.717) is 0 Å². The first-order chi connectivity index (χ1) is 10.2. The molecule has 1 aliphatic carbocycles. The molecule has 1 atom stereocenters. The van der Waals surface area contributed by atoms with E-state index in [0.717, 1.165) is 0 Å². The summed E-state index contributed by atoms with van der Waals surface area (Å²) in [4.78, 5) is 0. The van der Waals surface area contributed by atoms with Gasteiger partial charge in [-0.2, -0.15) is 0 Å². The number of nitrogens with one attached hydrogen (secondary N) is 1. The Labute approximate surface area is 127 Å². The van der Waals surface area contributed by atoms with Gasteiger partial charge in [-0.15, -0.1) is 0 Å². The number of benzene rings is 2. The molecule has 1 unspecified atom stereocenters. The van der Waals surface area contributed by atoms with Crippen molar-refractivity contribution < 1.29 is 0 Å². The molecule has 2 aromatic rings.